The maximum atomic E-state index is 13.7. The van der Waals surface area contributed by atoms with E-state index in [0.717, 1.165) is 11.6 Å². The molecular formula is C19H16F3NO3. The van der Waals surface area contributed by atoms with Crippen LogP contribution in [0.1, 0.15) is 17.5 Å². The lowest BCUT2D eigenvalue weighted by Gasteiger charge is -2.07. The van der Waals surface area contributed by atoms with E-state index < -0.39 is 18.5 Å². The molecule has 2 aromatic rings. The summed E-state index contributed by atoms with van der Waals surface area (Å²) in [4.78, 5) is 11.5. The Hall–Kier alpha value is -3.14. The molecule has 0 aliphatic rings. The first-order valence-electron chi connectivity index (χ1n) is 7.73. The monoisotopic (exact) mass is 363 g/mol. The standard InChI is InChI=1S/C19H16F3NO3/c20-16-10-6-11-17(26-18(21)22)15(16)9-4-5-12-23-19(24)25-13-14-7-2-1-3-8-14/h1-3,6-8,10-11,18H,5,12-13H2,(H,23,24). The van der Waals surface area contributed by atoms with Crippen LogP contribution in [0.2, 0.25) is 0 Å². The summed E-state index contributed by atoms with van der Waals surface area (Å²) in [7, 11) is 0. The van der Waals surface area contributed by atoms with Crippen LogP contribution in [0.3, 0.4) is 0 Å². The molecule has 0 atom stereocenters. The fourth-order valence-electron chi connectivity index (χ4n) is 1.97. The number of alkyl halides is 2. The van der Waals surface area contributed by atoms with Gasteiger partial charge in [-0.1, -0.05) is 48.2 Å². The molecule has 0 aliphatic carbocycles. The summed E-state index contributed by atoms with van der Waals surface area (Å²) >= 11 is 0. The minimum Gasteiger partial charge on any atom is -0.445 e. The molecule has 0 heterocycles. The van der Waals surface area contributed by atoms with Crippen LogP contribution in [-0.2, 0) is 11.3 Å². The molecule has 1 N–H and O–H groups in total. The van der Waals surface area contributed by atoms with Crippen LogP contribution in [0.15, 0.2) is 48.5 Å². The predicted octanol–water partition coefficient (Wildman–Crippen LogP) is 4.10. The Bertz CT molecular complexity index is 786. The molecule has 0 fully saturated rings. The van der Waals surface area contributed by atoms with Crippen molar-refractivity contribution in [1.82, 2.24) is 5.32 Å². The molecule has 136 valence electrons. The van der Waals surface area contributed by atoms with Gasteiger partial charge in [0.25, 0.3) is 0 Å². The number of amides is 1. The number of hydrogen-bond donors (Lipinski definition) is 1. The molecule has 4 nitrogen and oxygen atoms in total. The zero-order valence-electron chi connectivity index (χ0n) is 13.7. The van der Waals surface area contributed by atoms with Gasteiger partial charge in [-0.25, -0.2) is 9.18 Å². The SMILES string of the molecule is O=C(NCCC#Cc1c(F)cccc1OC(F)F)OCc1ccccc1. The molecule has 0 saturated heterocycles. The number of carbonyl (C=O) groups is 1. The van der Waals surface area contributed by atoms with E-state index in [0.29, 0.717) is 0 Å². The van der Waals surface area contributed by atoms with E-state index in [2.05, 4.69) is 21.9 Å². The minimum atomic E-state index is -3.07. The summed E-state index contributed by atoms with van der Waals surface area (Å²) < 4.78 is 47.5. The zero-order valence-corrected chi connectivity index (χ0v) is 13.7. The number of benzene rings is 2. The van der Waals surface area contributed by atoms with Gasteiger partial charge in [-0.3, -0.25) is 0 Å². The Balaban J connectivity index is 1.79. The summed E-state index contributed by atoms with van der Waals surface area (Å²) in [6.07, 6.45) is -0.425. The highest BCUT2D eigenvalue weighted by Gasteiger charge is 2.11. The molecule has 1 amide bonds. The van der Waals surface area contributed by atoms with Crippen LogP contribution in [0.25, 0.3) is 0 Å². The maximum Gasteiger partial charge on any atom is 0.407 e. The van der Waals surface area contributed by atoms with Crippen LogP contribution in [0.5, 0.6) is 5.75 Å². The Morgan fingerprint density at radius 3 is 2.62 bits per heavy atom. The van der Waals surface area contributed by atoms with Gasteiger partial charge in [-0.2, -0.15) is 8.78 Å². The first-order valence-corrected chi connectivity index (χ1v) is 7.73. The lowest BCUT2D eigenvalue weighted by Crippen LogP contribution is -2.24. The fourth-order valence-corrected chi connectivity index (χ4v) is 1.97. The highest BCUT2D eigenvalue weighted by atomic mass is 19.3. The first kappa shape index (κ1) is 19.2. The van der Waals surface area contributed by atoms with Crippen molar-refractivity contribution in [2.75, 3.05) is 6.54 Å². The van der Waals surface area contributed by atoms with E-state index >= 15 is 0 Å². The number of nitrogens with one attached hydrogen (secondary N) is 1. The van der Waals surface area contributed by atoms with Crippen LogP contribution < -0.4 is 10.1 Å². The normalized spacial score (nSPS) is 10.0. The zero-order chi connectivity index (χ0) is 18.8. The molecule has 0 spiro atoms. The number of halogens is 3. The van der Waals surface area contributed by atoms with Crippen LogP contribution in [0, 0.1) is 17.7 Å². The van der Waals surface area contributed by atoms with E-state index in [1.165, 1.54) is 12.1 Å². The molecule has 0 unspecified atom stereocenters. The van der Waals surface area contributed by atoms with Crippen molar-refractivity contribution >= 4 is 6.09 Å². The molecule has 0 radical (unpaired) electrons. The van der Waals surface area contributed by atoms with Crippen molar-refractivity contribution in [1.29, 1.82) is 0 Å². The number of ether oxygens (including phenoxy) is 2. The van der Waals surface area contributed by atoms with Gasteiger partial charge in [0.15, 0.2) is 0 Å². The molecule has 0 saturated carbocycles. The topological polar surface area (TPSA) is 47.6 Å². The minimum absolute atomic E-state index is 0.141. The molecule has 26 heavy (non-hydrogen) atoms. The third kappa shape index (κ3) is 6.40. The van der Waals surface area contributed by atoms with E-state index in [4.69, 9.17) is 4.74 Å². The Morgan fingerprint density at radius 2 is 1.88 bits per heavy atom. The third-order valence-electron chi connectivity index (χ3n) is 3.14. The summed E-state index contributed by atoms with van der Waals surface area (Å²) in [5.74, 6) is 3.95. The largest absolute Gasteiger partial charge is 0.445 e. The van der Waals surface area contributed by atoms with Gasteiger partial charge in [0.05, 0.1) is 0 Å². The highest BCUT2D eigenvalue weighted by Crippen LogP contribution is 2.22. The second kappa shape index (κ2) is 9.99. The predicted molar refractivity (Wildman–Crippen MR) is 89.2 cm³/mol. The second-order valence-electron chi connectivity index (χ2n) is 5.03. The molecule has 0 bridgehead atoms. The van der Waals surface area contributed by atoms with Gasteiger partial charge in [0.1, 0.15) is 23.7 Å². The van der Waals surface area contributed by atoms with Crippen LogP contribution >= 0.6 is 0 Å². The fraction of sp³-hybridized carbons (Fsp3) is 0.211. The van der Waals surface area contributed by atoms with Gasteiger partial charge in [-0.15, -0.1) is 0 Å². The van der Waals surface area contributed by atoms with Gasteiger partial charge in [-0.05, 0) is 17.7 Å². The molecule has 7 heteroatoms. The number of hydrogen-bond acceptors (Lipinski definition) is 3. The Labute approximate surface area is 148 Å². The van der Waals surface area contributed by atoms with Crippen molar-refractivity contribution in [3.8, 4) is 17.6 Å². The van der Waals surface area contributed by atoms with Gasteiger partial charge in [0.2, 0.25) is 0 Å². The van der Waals surface area contributed by atoms with Gasteiger partial charge in [0, 0.05) is 13.0 Å². The number of alkyl carbamates (subject to hydrolysis) is 1. The average Bonchev–Trinajstić information content (AvgIpc) is 2.62. The summed E-state index contributed by atoms with van der Waals surface area (Å²) in [6, 6.07) is 12.7. The van der Waals surface area contributed by atoms with E-state index in [1.807, 2.05) is 30.3 Å². The van der Waals surface area contributed by atoms with Crippen LogP contribution in [-0.4, -0.2) is 19.2 Å². The van der Waals surface area contributed by atoms with E-state index in [-0.39, 0.29) is 30.9 Å². The average molecular weight is 363 g/mol. The molecule has 2 rings (SSSR count). The van der Waals surface area contributed by atoms with Crippen molar-refractivity contribution < 1.29 is 27.4 Å². The maximum absolute atomic E-state index is 13.7. The van der Waals surface area contributed by atoms with Crippen molar-refractivity contribution in [3.05, 3.63) is 65.5 Å². The molecule has 2 aromatic carbocycles. The number of rotatable bonds is 6. The highest BCUT2D eigenvalue weighted by molar-refractivity contribution is 5.67. The van der Waals surface area contributed by atoms with Crippen molar-refractivity contribution in [3.63, 3.8) is 0 Å². The quantitative estimate of drug-likeness (QED) is 0.621. The van der Waals surface area contributed by atoms with Gasteiger partial charge >= 0.3 is 12.7 Å². The van der Waals surface area contributed by atoms with E-state index in [1.54, 1.807) is 0 Å². The molecular weight excluding hydrogens is 347 g/mol. The summed E-state index contributed by atoms with van der Waals surface area (Å²) in [6.45, 7) is -2.76. The van der Waals surface area contributed by atoms with Gasteiger partial charge < -0.3 is 14.8 Å². The lowest BCUT2D eigenvalue weighted by molar-refractivity contribution is -0.0501. The molecule has 0 aromatic heterocycles. The summed E-state index contributed by atoms with van der Waals surface area (Å²) in [5.41, 5.74) is 0.605. The summed E-state index contributed by atoms with van der Waals surface area (Å²) in [5, 5.41) is 2.49. The van der Waals surface area contributed by atoms with Crippen molar-refractivity contribution in [2.24, 2.45) is 0 Å². The number of carbonyl (C=O) groups excluding carboxylic acids is 1. The Morgan fingerprint density at radius 1 is 1.12 bits per heavy atom. The Kier molecular flexibility index (Phi) is 7.37. The van der Waals surface area contributed by atoms with Crippen molar-refractivity contribution in [2.45, 2.75) is 19.6 Å². The second-order valence-corrected chi connectivity index (χ2v) is 5.03. The molecule has 0 aliphatic heterocycles. The first-order chi connectivity index (χ1) is 12.6. The van der Waals surface area contributed by atoms with Crippen LogP contribution in [0.4, 0.5) is 18.0 Å². The van der Waals surface area contributed by atoms with E-state index in [9.17, 15) is 18.0 Å². The third-order valence-corrected chi connectivity index (χ3v) is 3.14. The smallest absolute Gasteiger partial charge is 0.407 e. The lowest BCUT2D eigenvalue weighted by atomic mass is 10.2.